The summed E-state index contributed by atoms with van der Waals surface area (Å²) >= 11 is 0. The Morgan fingerprint density at radius 2 is 1.80 bits per heavy atom. The van der Waals surface area contributed by atoms with Crippen LogP contribution in [-0.2, 0) is 9.84 Å². The summed E-state index contributed by atoms with van der Waals surface area (Å²) in [6.45, 7) is 1.66. The smallest absolute Gasteiger partial charge is 0.178 e. The van der Waals surface area contributed by atoms with Crippen LogP contribution in [0.15, 0.2) is 29.2 Å². The summed E-state index contributed by atoms with van der Waals surface area (Å²) in [5.41, 5.74) is 7.23. The molecule has 0 heterocycles. The Hall–Kier alpha value is -1.07. The normalized spacial score (nSPS) is 23.6. The van der Waals surface area contributed by atoms with Gasteiger partial charge in [0.05, 0.1) is 10.6 Å². The lowest BCUT2D eigenvalue weighted by Gasteiger charge is -2.37. The fraction of sp³-hybridized carbons (Fsp3) is 0.600. The van der Waals surface area contributed by atoms with E-state index in [1.807, 2.05) is 19.2 Å². The maximum absolute atomic E-state index is 11.8. The highest BCUT2D eigenvalue weighted by Gasteiger charge is 2.25. The van der Waals surface area contributed by atoms with Gasteiger partial charge in [0.25, 0.3) is 0 Å². The molecule has 0 aromatic heterocycles. The van der Waals surface area contributed by atoms with Crippen LogP contribution < -0.4 is 10.6 Å². The number of rotatable bonds is 4. The summed E-state index contributed by atoms with van der Waals surface area (Å²) in [7, 11) is -1.08. The number of sulfone groups is 1. The number of hydrogen-bond acceptors (Lipinski definition) is 4. The van der Waals surface area contributed by atoms with Crippen LogP contribution in [0.5, 0.6) is 0 Å². The number of nitrogens with two attached hydrogens (primary N) is 1. The SMILES string of the molecule is CCS(=O)(=O)c1ccc(N(C)C2CCCCC2N)cc1. The zero-order chi connectivity index (χ0) is 14.8. The zero-order valence-corrected chi connectivity index (χ0v) is 13.1. The Balaban J connectivity index is 2.17. The molecule has 1 aliphatic rings. The van der Waals surface area contributed by atoms with Crippen LogP contribution in [0.1, 0.15) is 32.6 Å². The maximum Gasteiger partial charge on any atom is 0.178 e. The average molecular weight is 296 g/mol. The van der Waals surface area contributed by atoms with E-state index in [0.29, 0.717) is 10.9 Å². The second-order valence-corrected chi connectivity index (χ2v) is 7.80. The van der Waals surface area contributed by atoms with E-state index < -0.39 is 9.84 Å². The van der Waals surface area contributed by atoms with Crippen LogP contribution in [0, 0.1) is 0 Å². The Bertz CT molecular complexity index is 539. The average Bonchev–Trinajstić information content (AvgIpc) is 2.47. The third kappa shape index (κ3) is 3.15. The molecule has 2 unspecified atom stereocenters. The molecule has 112 valence electrons. The van der Waals surface area contributed by atoms with E-state index in [9.17, 15) is 8.42 Å². The highest BCUT2D eigenvalue weighted by molar-refractivity contribution is 7.91. The van der Waals surface area contributed by atoms with Gasteiger partial charge in [0, 0.05) is 24.8 Å². The zero-order valence-electron chi connectivity index (χ0n) is 12.2. The van der Waals surface area contributed by atoms with E-state index in [0.717, 1.165) is 18.5 Å². The summed E-state index contributed by atoms with van der Waals surface area (Å²) < 4.78 is 23.6. The Morgan fingerprint density at radius 1 is 1.20 bits per heavy atom. The van der Waals surface area contributed by atoms with E-state index in [1.165, 1.54) is 12.8 Å². The molecule has 2 atom stereocenters. The van der Waals surface area contributed by atoms with Gasteiger partial charge in [-0.2, -0.15) is 0 Å². The van der Waals surface area contributed by atoms with Crippen LogP contribution in [0.4, 0.5) is 5.69 Å². The summed E-state index contributed by atoms with van der Waals surface area (Å²) in [6, 6.07) is 7.69. The molecule has 0 radical (unpaired) electrons. The fourth-order valence-corrected chi connectivity index (χ4v) is 3.75. The first-order chi connectivity index (χ1) is 9.45. The molecule has 0 saturated heterocycles. The Kier molecular flexibility index (Phi) is 4.70. The molecule has 4 nitrogen and oxygen atoms in total. The minimum absolute atomic E-state index is 0.135. The number of nitrogens with zero attached hydrogens (tertiary/aromatic N) is 1. The van der Waals surface area contributed by atoms with Gasteiger partial charge < -0.3 is 10.6 Å². The van der Waals surface area contributed by atoms with Gasteiger partial charge in [0.1, 0.15) is 0 Å². The Morgan fingerprint density at radius 3 is 2.35 bits per heavy atom. The number of benzene rings is 1. The lowest BCUT2D eigenvalue weighted by Crippen LogP contribution is -2.48. The molecule has 1 aromatic carbocycles. The van der Waals surface area contributed by atoms with Crippen molar-refractivity contribution in [3.63, 3.8) is 0 Å². The van der Waals surface area contributed by atoms with Crippen molar-refractivity contribution in [1.29, 1.82) is 0 Å². The van der Waals surface area contributed by atoms with Crippen molar-refractivity contribution in [2.45, 2.75) is 49.6 Å². The van der Waals surface area contributed by atoms with Crippen molar-refractivity contribution < 1.29 is 8.42 Å². The van der Waals surface area contributed by atoms with E-state index >= 15 is 0 Å². The maximum atomic E-state index is 11.8. The van der Waals surface area contributed by atoms with E-state index in [1.54, 1.807) is 19.1 Å². The third-order valence-corrected chi connectivity index (χ3v) is 6.01. The lowest BCUT2D eigenvalue weighted by molar-refractivity contribution is 0.373. The van der Waals surface area contributed by atoms with Gasteiger partial charge in [0.15, 0.2) is 9.84 Å². The van der Waals surface area contributed by atoms with Gasteiger partial charge in [-0.15, -0.1) is 0 Å². The van der Waals surface area contributed by atoms with Crippen molar-refractivity contribution in [3.8, 4) is 0 Å². The molecule has 0 amide bonds. The van der Waals surface area contributed by atoms with E-state index in [-0.39, 0.29) is 11.8 Å². The highest BCUT2D eigenvalue weighted by Crippen LogP contribution is 2.26. The predicted octanol–water partition coefficient (Wildman–Crippen LogP) is 2.19. The molecular formula is C15H24N2O2S. The van der Waals surface area contributed by atoms with Crippen molar-refractivity contribution >= 4 is 15.5 Å². The fourth-order valence-electron chi connectivity index (χ4n) is 2.87. The lowest BCUT2D eigenvalue weighted by atomic mass is 9.90. The van der Waals surface area contributed by atoms with Gasteiger partial charge in [-0.1, -0.05) is 19.8 Å². The topological polar surface area (TPSA) is 63.4 Å². The molecule has 5 heteroatoms. The van der Waals surface area contributed by atoms with Gasteiger partial charge >= 0.3 is 0 Å². The second-order valence-electron chi connectivity index (χ2n) is 5.52. The summed E-state index contributed by atoms with van der Waals surface area (Å²) in [4.78, 5) is 2.58. The minimum atomic E-state index is -3.12. The quantitative estimate of drug-likeness (QED) is 0.925. The first-order valence-corrected chi connectivity index (χ1v) is 8.92. The van der Waals surface area contributed by atoms with Gasteiger partial charge in [-0.05, 0) is 37.1 Å². The number of hydrogen-bond donors (Lipinski definition) is 1. The van der Waals surface area contributed by atoms with Crippen LogP contribution in [0.3, 0.4) is 0 Å². The van der Waals surface area contributed by atoms with E-state index in [4.69, 9.17) is 5.73 Å². The number of likely N-dealkylation sites (N-methyl/N-ethyl adjacent to an activating group) is 1. The van der Waals surface area contributed by atoms with Crippen molar-refractivity contribution in [1.82, 2.24) is 0 Å². The summed E-state index contributed by atoms with van der Waals surface area (Å²) in [5, 5.41) is 0. The predicted molar refractivity (Wildman–Crippen MR) is 82.8 cm³/mol. The standard InChI is InChI=1S/C15H24N2O2S/c1-3-20(18,19)13-10-8-12(9-11-13)17(2)15-7-5-4-6-14(15)16/h8-11,14-15H,3-7,16H2,1-2H3. The molecular weight excluding hydrogens is 272 g/mol. The Labute approximate surface area is 121 Å². The molecule has 2 N–H and O–H groups in total. The summed E-state index contributed by atoms with van der Waals surface area (Å²) in [6.07, 6.45) is 4.59. The molecule has 2 rings (SSSR count). The van der Waals surface area contributed by atoms with Crippen LogP contribution in [0.2, 0.25) is 0 Å². The van der Waals surface area contributed by atoms with Crippen LogP contribution in [0.25, 0.3) is 0 Å². The van der Waals surface area contributed by atoms with Crippen molar-refractivity contribution in [3.05, 3.63) is 24.3 Å². The third-order valence-electron chi connectivity index (χ3n) is 4.26. The molecule has 1 aromatic rings. The number of anilines is 1. The van der Waals surface area contributed by atoms with Crippen LogP contribution in [-0.4, -0.2) is 33.3 Å². The highest BCUT2D eigenvalue weighted by atomic mass is 32.2. The molecule has 20 heavy (non-hydrogen) atoms. The van der Waals surface area contributed by atoms with Crippen LogP contribution >= 0.6 is 0 Å². The monoisotopic (exact) mass is 296 g/mol. The first-order valence-electron chi connectivity index (χ1n) is 7.27. The van der Waals surface area contributed by atoms with Crippen molar-refractivity contribution in [2.24, 2.45) is 5.73 Å². The molecule has 1 aliphatic carbocycles. The molecule has 0 bridgehead atoms. The molecule has 1 saturated carbocycles. The van der Waals surface area contributed by atoms with Gasteiger partial charge in [-0.3, -0.25) is 0 Å². The van der Waals surface area contributed by atoms with E-state index in [2.05, 4.69) is 4.90 Å². The van der Waals surface area contributed by atoms with Gasteiger partial charge in [0.2, 0.25) is 0 Å². The largest absolute Gasteiger partial charge is 0.370 e. The molecule has 1 fully saturated rings. The minimum Gasteiger partial charge on any atom is -0.370 e. The second kappa shape index (κ2) is 6.14. The molecule has 0 aliphatic heterocycles. The van der Waals surface area contributed by atoms with Gasteiger partial charge in [-0.25, -0.2) is 8.42 Å². The first kappa shape index (κ1) is 15.3. The molecule has 0 spiro atoms. The summed E-state index contributed by atoms with van der Waals surface area (Å²) in [5.74, 6) is 0.135. The van der Waals surface area contributed by atoms with Crippen molar-refractivity contribution in [2.75, 3.05) is 17.7 Å².